The summed E-state index contributed by atoms with van der Waals surface area (Å²) < 4.78 is 32.6. The smallest absolute Gasteiger partial charge is 0.410 e. The predicted octanol–water partition coefficient (Wildman–Crippen LogP) is 10.2. The van der Waals surface area contributed by atoms with Crippen LogP contribution in [0.5, 0.6) is 0 Å². The van der Waals surface area contributed by atoms with Crippen LogP contribution in [0.2, 0.25) is 0 Å². The topological polar surface area (TPSA) is 137 Å². The summed E-state index contributed by atoms with van der Waals surface area (Å²) in [6.45, 7) is 24.0. The molecule has 386 valence electrons. The Kier molecular flexibility index (Phi) is 22.2. The van der Waals surface area contributed by atoms with Crippen LogP contribution >= 0.6 is 15.9 Å². The number of nitrogens with zero attached hydrogens (tertiary/aromatic N) is 4. The third-order valence-corrected chi connectivity index (χ3v) is 13.3. The second-order valence-electron chi connectivity index (χ2n) is 20.3. The van der Waals surface area contributed by atoms with E-state index in [2.05, 4.69) is 69.6 Å². The average molecular weight is 1040 g/mol. The number of terminal acetylenes is 1. The predicted molar refractivity (Wildman–Crippen MR) is 279 cm³/mol. The Morgan fingerprint density at radius 1 is 0.686 bits per heavy atom. The molecule has 2 aromatic carbocycles. The van der Waals surface area contributed by atoms with Crippen molar-refractivity contribution in [2.45, 2.75) is 137 Å². The molecule has 2 amide bonds. The van der Waals surface area contributed by atoms with Crippen molar-refractivity contribution in [1.82, 2.24) is 9.80 Å². The van der Waals surface area contributed by atoms with E-state index in [1.54, 1.807) is 9.80 Å². The lowest BCUT2D eigenvalue weighted by atomic mass is 9.96. The molecule has 0 aliphatic carbocycles. The molecule has 4 heterocycles. The number of ether oxygens (including phenoxy) is 6. The fourth-order valence-electron chi connectivity index (χ4n) is 8.91. The molecule has 2 aromatic rings. The number of halogens is 1. The number of hydrogen-bond donors (Lipinski definition) is 0. The molecule has 0 spiro atoms. The minimum Gasteiger partial charge on any atom is -0.465 e. The number of hydrogen-bond acceptors (Lipinski definition) is 12. The van der Waals surface area contributed by atoms with Crippen molar-refractivity contribution in [2.75, 3.05) is 90.2 Å². The molecule has 4 aliphatic rings. The van der Waals surface area contributed by atoms with Gasteiger partial charge < -0.3 is 48.0 Å². The molecule has 6 rings (SSSR count). The molecule has 0 unspecified atom stereocenters. The van der Waals surface area contributed by atoms with Gasteiger partial charge in [-0.2, -0.15) is 0 Å². The van der Waals surface area contributed by atoms with Gasteiger partial charge in [-0.25, -0.2) is 19.2 Å². The largest absolute Gasteiger partial charge is 0.465 e. The highest BCUT2D eigenvalue weighted by molar-refractivity contribution is 9.10. The van der Waals surface area contributed by atoms with E-state index >= 15 is 0 Å². The Hall–Kier alpha value is -4.96. The fraction of sp³-hybridized carbons (Fsp3) is 0.636. The number of esters is 2. The Morgan fingerprint density at radius 2 is 1.13 bits per heavy atom. The Bertz CT molecular complexity index is 2170. The second kappa shape index (κ2) is 27.0. The van der Waals surface area contributed by atoms with Crippen LogP contribution in [-0.4, -0.2) is 138 Å². The van der Waals surface area contributed by atoms with Crippen LogP contribution < -0.4 is 9.80 Å². The van der Waals surface area contributed by atoms with Crippen LogP contribution in [0.1, 0.15) is 137 Å². The Morgan fingerprint density at radius 3 is 1.57 bits per heavy atom. The first-order valence-electron chi connectivity index (χ1n) is 24.8. The molecule has 0 aromatic heterocycles. The molecule has 4 saturated heterocycles. The number of rotatable bonds is 7. The van der Waals surface area contributed by atoms with Crippen molar-refractivity contribution < 1.29 is 47.6 Å². The molecular formula is C55H79BrN4O10. The van der Waals surface area contributed by atoms with Crippen molar-refractivity contribution in [3.8, 4) is 24.2 Å². The van der Waals surface area contributed by atoms with Crippen LogP contribution in [0, 0.1) is 49.9 Å². The van der Waals surface area contributed by atoms with Gasteiger partial charge in [-0.05, 0) is 149 Å². The van der Waals surface area contributed by atoms with Gasteiger partial charge in [-0.3, -0.25) is 0 Å². The van der Waals surface area contributed by atoms with Crippen LogP contribution in [0.15, 0.2) is 28.7 Å². The van der Waals surface area contributed by atoms with E-state index in [0.29, 0.717) is 55.3 Å². The van der Waals surface area contributed by atoms with Gasteiger partial charge in [0.25, 0.3) is 0 Å². The van der Waals surface area contributed by atoms with Gasteiger partial charge in [0.05, 0.1) is 25.3 Å². The molecule has 15 heteroatoms. The zero-order chi connectivity index (χ0) is 51.8. The molecule has 14 nitrogen and oxygen atoms in total. The zero-order valence-electron chi connectivity index (χ0n) is 44.0. The minimum atomic E-state index is -0.495. The highest BCUT2D eigenvalue weighted by Crippen LogP contribution is 2.33. The molecule has 70 heavy (non-hydrogen) atoms. The normalized spacial score (nSPS) is 17.2. The molecule has 0 N–H and O–H groups in total. The molecule has 0 bridgehead atoms. The van der Waals surface area contributed by atoms with E-state index in [0.717, 1.165) is 117 Å². The van der Waals surface area contributed by atoms with Crippen molar-refractivity contribution in [1.29, 1.82) is 0 Å². The van der Waals surface area contributed by atoms with Gasteiger partial charge in [0, 0.05) is 112 Å². The number of methoxy groups -OCH3 is 2. The maximum atomic E-state index is 12.6. The Labute approximate surface area is 426 Å². The second-order valence-corrected chi connectivity index (χ2v) is 21.2. The van der Waals surface area contributed by atoms with Crippen LogP contribution in [-0.2, 0) is 28.4 Å². The van der Waals surface area contributed by atoms with Gasteiger partial charge in [-0.15, -0.1) is 12.3 Å². The molecule has 0 atom stereocenters. The average Bonchev–Trinajstić information content (AvgIpc) is 3.34. The molecule has 4 fully saturated rings. The van der Waals surface area contributed by atoms with Gasteiger partial charge in [0.1, 0.15) is 11.2 Å². The first-order chi connectivity index (χ1) is 33.1. The quantitative estimate of drug-likeness (QED) is 0.148. The number of amides is 2. The molecular weight excluding hydrogens is 957 g/mol. The number of anilines is 2. The third kappa shape index (κ3) is 17.4. The first kappa shape index (κ1) is 57.6. The highest BCUT2D eigenvalue weighted by Gasteiger charge is 2.29. The van der Waals surface area contributed by atoms with E-state index < -0.39 is 11.2 Å². The molecule has 0 saturated carbocycles. The van der Waals surface area contributed by atoms with Crippen molar-refractivity contribution in [3.63, 3.8) is 0 Å². The summed E-state index contributed by atoms with van der Waals surface area (Å²) >= 11 is 3.48. The van der Waals surface area contributed by atoms with Gasteiger partial charge in [-0.1, -0.05) is 27.8 Å². The molecule has 0 radical (unpaired) electrons. The summed E-state index contributed by atoms with van der Waals surface area (Å²) in [5.74, 6) is 9.32. The van der Waals surface area contributed by atoms with Crippen molar-refractivity contribution in [2.24, 2.45) is 11.8 Å². The summed E-state index contributed by atoms with van der Waals surface area (Å²) in [4.78, 5) is 56.5. The van der Waals surface area contributed by atoms with Gasteiger partial charge in [0.2, 0.25) is 0 Å². The number of carbonyl (C=O) groups excluding carboxylic acids is 4. The monoisotopic (exact) mass is 1030 g/mol. The Balaban J connectivity index is 0.000000255. The summed E-state index contributed by atoms with van der Waals surface area (Å²) in [5, 5.41) is 0. The van der Waals surface area contributed by atoms with Gasteiger partial charge >= 0.3 is 24.1 Å². The van der Waals surface area contributed by atoms with E-state index in [4.69, 9.17) is 34.8 Å². The standard InChI is InChI=1S/C28H40N2O5.C15H20BrNO3.C12H19NO2/c1-7-30(23-12-16-34-17-13-23)25-19-22(18-24(20(25)2)26(31)33-6)9-8-21-10-14-29(15-11-21)27(32)35-28(3,4)5;1-10-13(15(18)19-3)8-11(16)9-14(10)17(2)12-4-6-20-7-5-12;1-5-10-6-8-13(9-7-10)11(14)15-12(2,3)4/h18-19,21,23H,7,10-17H2,1-6H3;8-9,12H,4-7H2,1-3H3;1,10H,6-9H2,2-4H3. The van der Waals surface area contributed by atoms with Crippen LogP contribution in [0.4, 0.5) is 21.0 Å². The lowest BCUT2D eigenvalue weighted by molar-refractivity contribution is 0.0189. The number of likely N-dealkylation sites (tertiary alicyclic amines) is 2. The van der Waals surface area contributed by atoms with E-state index in [1.807, 2.05) is 67.5 Å². The first-order valence-corrected chi connectivity index (χ1v) is 25.6. The fourth-order valence-corrected chi connectivity index (χ4v) is 9.35. The van der Waals surface area contributed by atoms with Crippen molar-refractivity contribution >= 4 is 51.4 Å². The maximum Gasteiger partial charge on any atom is 0.410 e. The van der Waals surface area contributed by atoms with E-state index in [1.165, 1.54) is 14.2 Å². The lowest BCUT2D eigenvalue weighted by Crippen LogP contribution is -2.41. The van der Waals surface area contributed by atoms with E-state index in [-0.39, 0.29) is 30.0 Å². The van der Waals surface area contributed by atoms with E-state index in [9.17, 15) is 19.2 Å². The number of piperidine rings is 2. The summed E-state index contributed by atoms with van der Waals surface area (Å²) in [5.41, 5.74) is 5.03. The number of carbonyl (C=O) groups is 4. The van der Waals surface area contributed by atoms with Crippen molar-refractivity contribution in [3.05, 3.63) is 56.6 Å². The summed E-state index contributed by atoms with van der Waals surface area (Å²) in [7, 11) is 4.89. The SMILES string of the molecule is C#CC1CCN(C(=O)OC(C)(C)C)CC1.CCN(c1cc(C#CC2CCN(C(=O)OC(C)(C)C)CC2)cc(C(=O)OC)c1C)C1CCOCC1.COC(=O)c1cc(Br)cc(N(C)C2CCOCC2)c1C. The minimum absolute atomic E-state index is 0.192. The molecule has 4 aliphatic heterocycles. The lowest BCUT2D eigenvalue weighted by Gasteiger charge is -2.36. The third-order valence-electron chi connectivity index (χ3n) is 12.9. The van der Waals surface area contributed by atoms with Gasteiger partial charge in [0.15, 0.2) is 0 Å². The van der Waals surface area contributed by atoms with Crippen LogP contribution in [0.3, 0.4) is 0 Å². The van der Waals surface area contributed by atoms with Crippen LogP contribution in [0.25, 0.3) is 0 Å². The summed E-state index contributed by atoms with van der Waals surface area (Å²) in [6, 6.07) is 8.62. The highest BCUT2D eigenvalue weighted by atomic mass is 79.9. The number of benzene rings is 2. The zero-order valence-corrected chi connectivity index (χ0v) is 45.6. The summed E-state index contributed by atoms with van der Waals surface area (Å²) in [6.07, 6.45) is 12.2. The maximum absolute atomic E-state index is 12.6.